The van der Waals surface area contributed by atoms with Crippen LogP contribution >= 0.6 is 0 Å². The molecule has 0 bridgehead atoms. The molecule has 0 fully saturated rings. The molecule has 0 aliphatic carbocycles. The highest BCUT2D eigenvalue weighted by Gasteiger charge is 2.15. The predicted molar refractivity (Wildman–Crippen MR) is 78.8 cm³/mol. The van der Waals surface area contributed by atoms with Gasteiger partial charge >= 0.3 is 0 Å². The lowest BCUT2D eigenvalue weighted by Gasteiger charge is -2.08. The van der Waals surface area contributed by atoms with Crippen LogP contribution in [0.4, 0.5) is 5.69 Å². The van der Waals surface area contributed by atoms with Gasteiger partial charge in [0.15, 0.2) is 5.03 Å². The van der Waals surface area contributed by atoms with Crippen LogP contribution in [0.5, 0.6) is 0 Å². The number of rotatable bonds is 5. The van der Waals surface area contributed by atoms with E-state index in [-0.39, 0.29) is 5.03 Å². The molecule has 0 atom stereocenters. The van der Waals surface area contributed by atoms with Crippen LogP contribution in [0.2, 0.25) is 0 Å². The number of hydrogen-bond acceptors (Lipinski definition) is 4. The topological polar surface area (TPSA) is 85.1 Å². The Morgan fingerprint density at radius 1 is 1.20 bits per heavy atom. The fourth-order valence-electron chi connectivity index (χ4n) is 1.75. The molecule has 5 nitrogen and oxygen atoms in total. The highest BCUT2D eigenvalue weighted by Crippen LogP contribution is 2.16. The lowest BCUT2D eigenvalue weighted by atomic mass is 10.1. The summed E-state index contributed by atoms with van der Waals surface area (Å²) in [5, 5.41) is -0.0170. The minimum absolute atomic E-state index is 0.0170. The van der Waals surface area contributed by atoms with Crippen LogP contribution in [0.3, 0.4) is 0 Å². The Morgan fingerprint density at radius 3 is 2.60 bits per heavy atom. The normalized spacial score (nSPS) is 11.3. The highest BCUT2D eigenvalue weighted by atomic mass is 32.2. The molecular formula is C14H17N3O2S. The van der Waals surface area contributed by atoms with Gasteiger partial charge in [-0.3, -0.25) is 4.72 Å². The maximum atomic E-state index is 12.2. The second-order valence-corrected chi connectivity index (χ2v) is 6.00. The van der Waals surface area contributed by atoms with Crippen LogP contribution in [0.15, 0.2) is 47.6 Å². The van der Waals surface area contributed by atoms with Crippen molar-refractivity contribution in [3.8, 4) is 0 Å². The Kier molecular flexibility index (Phi) is 4.36. The van der Waals surface area contributed by atoms with E-state index in [2.05, 4.69) is 9.71 Å². The van der Waals surface area contributed by atoms with Crippen LogP contribution in [0.1, 0.15) is 18.1 Å². The van der Waals surface area contributed by atoms with E-state index in [0.717, 1.165) is 17.5 Å². The zero-order chi connectivity index (χ0) is 14.6. The van der Waals surface area contributed by atoms with Crippen molar-refractivity contribution in [2.24, 2.45) is 5.73 Å². The molecule has 106 valence electrons. The van der Waals surface area contributed by atoms with Gasteiger partial charge in [0.1, 0.15) is 0 Å². The van der Waals surface area contributed by atoms with Crippen molar-refractivity contribution < 1.29 is 8.42 Å². The zero-order valence-corrected chi connectivity index (χ0v) is 12.0. The first-order valence-corrected chi connectivity index (χ1v) is 7.80. The van der Waals surface area contributed by atoms with E-state index < -0.39 is 10.0 Å². The third-order valence-corrected chi connectivity index (χ3v) is 4.19. The molecule has 1 aromatic heterocycles. The van der Waals surface area contributed by atoms with Gasteiger partial charge in [0, 0.05) is 18.4 Å². The van der Waals surface area contributed by atoms with E-state index in [1.807, 2.05) is 25.1 Å². The second-order valence-electron chi connectivity index (χ2n) is 4.37. The van der Waals surface area contributed by atoms with Crippen molar-refractivity contribution in [2.75, 3.05) is 4.72 Å². The molecule has 0 radical (unpaired) electrons. The fourth-order valence-corrected chi connectivity index (χ4v) is 2.73. The van der Waals surface area contributed by atoms with Crippen LogP contribution in [0.25, 0.3) is 0 Å². The predicted octanol–water partition coefficient (Wildman–Crippen LogP) is 1.90. The number of nitrogens with zero attached hydrogens (tertiary/aromatic N) is 1. The van der Waals surface area contributed by atoms with E-state index in [1.165, 1.54) is 12.3 Å². The Morgan fingerprint density at radius 2 is 2.00 bits per heavy atom. The van der Waals surface area contributed by atoms with Crippen LogP contribution < -0.4 is 10.5 Å². The molecule has 0 saturated heterocycles. The maximum absolute atomic E-state index is 12.2. The van der Waals surface area contributed by atoms with Crippen LogP contribution in [-0.2, 0) is 23.0 Å². The quantitative estimate of drug-likeness (QED) is 0.881. The molecule has 1 heterocycles. The molecule has 2 aromatic rings. The summed E-state index contributed by atoms with van der Waals surface area (Å²) >= 11 is 0. The SMILES string of the molecule is CCc1cccc(NS(=O)(=O)c2ccc(CN)cn2)c1. The third kappa shape index (κ3) is 3.34. The van der Waals surface area contributed by atoms with Crippen molar-refractivity contribution in [3.63, 3.8) is 0 Å². The molecule has 0 spiro atoms. The molecule has 20 heavy (non-hydrogen) atoms. The van der Waals surface area contributed by atoms with Gasteiger partial charge in [-0.15, -0.1) is 0 Å². The van der Waals surface area contributed by atoms with Crippen LogP contribution in [0, 0.1) is 0 Å². The van der Waals surface area contributed by atoms with Crippen molar-refractivity contribution in [1.29, 1.82) is 0 Å². The van der Waals surface area contributed by atoms with Crippen molar-refractivity contribution in [3.05, 3.63) is 53.7 Å². The van der Waals surface area contributed by atoms with E-state index in [0.29, 0.717) is 12.2 Å². The molecule has 1 aromatic carbocycles. The molecule has 6 heteroatoms. The Labute approximate surface area is 118 Å². The highest BCUT2D eigenvalue weighted by molar-refractivity contribution is 7.92. The average molecular weight is 291 g/mol. The molecule has 0 aliphatic heterocycles. The molecule has 2 rings (SSSR count). The summed E-state index contributed by atoms with van der Waals surface area (Å²) in [4.78, 5) is 3.93. The van der Waals surface area contributed by atoms with Gasteiger partial charge in [-0.25, -0.2) is 4.98 Å². The van der Waals surface area contributed by atoms with Gasteiger partial charge in [0.25, 0.3) is 10.0 Å². The molecule has 0 amide bonds. The van der Waals surface area contributed by atoms with Crippen LogP contribution in [-0.4, -0.2) is 13.4 Å². The largest absolute Gasteiger partial charge is 0.326 e. The summed E-state index contributed by atoms with van der Waals surface area (Å²) in [7, 11) is -3.67. The average Bonchev–Trinajstić information content (AvgIpc) is 2.47. The lowest BCUT2D eigenvalue weighted by molar-refractivity contribution is 0.597. The van der Waals surface area contributed by atoms with Gasteiger partial charge in [-0.1, -0.05) is 25.1 Å². The number of anilines is 1. The van der Waals surface area contributed by atoms with E-state index in [1.54, 1.807) is 12.1 Å². The first-order chi connectivity index (χ1) is 9.55. The van der Waals surface area contributed by atoms with E-state index >= 15 is 0 Å². The number of pyridine rings is 1. The number of nitrogens with one attached hydrogen (secondary N) is 1. The number of nitrogens with two attached hydrogens (primary N) is 1. The lowest BCUT2D eigenvalue weighted by Crippen LogP contribution is -2.14. The third-order valence-electron chi connectivity index (χ3n) is 2.90. The first-order valence-electron chi connectivity index (χ1n) is 6.32. The Bertz CT molecular complexity index is 682. The summed E-state index contributed by atoms with van der Waals surface area (Å²) in [5.41, 5.74) is 7.85. The molecule has 0 unspecified atom stereocenters. The summed E-state index contributed by atoms with van der Waals surface area (Å²) in [5.74, 6) is 0. The van der Waals surface area contributed by atoms with Crippen molar-refractivity contribution in [1.82, 2.24) is 4.98 Å². The monoisotopic (exact) mass is 291 g/mol. The van der Waals surface area contributed by atoms with E-state index in [9.17, 15) is 8.42 Å². The Balaban J connectivity index is 2.25. The second kappa shape index (κ2) is 6.02. The summed E-state index contributed by atoms with van der Waals surface area (Å²) in [6.45, 7) is 2.35. The first kappa shape index (κ1) is 14.5. The molecule has 0 aliphatic rings. The minimum atomic E-state index is -3.67. The van der Waals surface area contributed by atoms with Gasteiger partial charge < -0.3 is 5.73 Å². The fraction of sp³-hybridized carbons (Fsp3) is 0.214. The number of sulfonamides is 1. The summed E-state index contributed by atoms with van der Waals surface area (Å²) in [6, 6.07) is 10.4. The Hall–Kier alpha value is -1.92. The number of benzene rings is 1. The van der Waals surface area contributed by atoms with Gasteiger partial charge in [-0.05, 0) is 35.7 Å². The number of aryl methyl sites for hydroxylation is 1. The van der Waals surface area contributed by atoms with Gasteiger partial charge in [-0.2, -0.15) is 8.42 Å². The minimum Gasteiger partial charge on any atom is -0.326 e. The summed E-state index contributed by atoms with van der Waals surface area (Å²) in [6.07, 6.45) is 2.32. The zero-order valence-electron chi connectivity index (χ0n) is 11.2. The number of hydrogen-bond donors (Lipinski definition) is 2. The molecule has 3 N–H and O–H groups in total. The smallest absolute Gasteiger partial charge is 0.279 e. The number of aromatic nitrogens is 1. The molecular weight excluding hydrogens is 274 g/mol. The van der Waals surface area contributed by atoms with Gasteiger partial charge in [0.2, 0.25) is 0 Å². The van der Waals surface area contributed by atoms with Crippen molar-refractivity contribution >= 4 is 15.7 Å². The van der Waals surface area contributed by atoms with Crippen molar-refractivity contribution in [2.45, 2.75) is 24.9 Å². The maximum Gasteiger partial charge on any atom is 0.279 e. The summed E-state index contributed by atoms with van der Waals surface area (Å²) < 4.78 is 26.9. The van der Waals surface area contributed by atoms with E-state index in [4.69, 9.17) is 5.73 Å². The van der Waals surface area contributed by atoms with Gasteiger partial charge in [0.05, 0.1) is 0 Å². The standard InChI is InChI=1S/C14H17N3O2S/c1-2-11-4-3-5-13(8-11)17-20(18,19)14-7-6-12(9-15)10-16-14/h3-8,10,17H,2,9,15H2,1H3. The molecule has 0 saturated carbocycles.